The molecule has 4 N–H and O–H groups in total. The second-order valence-corrected chi connectivity index (χ2v) is 7.79. The third-order valence-corrected chi connectivity index (χ3v) is 6.15. The summed E-state index contributed by atoms with van der Waals surface area (Å²) in [5, 5.41) is 0. The lowest BCUT2D eigenvalue weighted by molar-refractivity contribution is -0.538. The highest BCUT2D eigenvalue weighted by Crippen LogP contribution is 2.34. The zero-order chi connectivity index (χ0) is 21.4. The Balaban J connectivity index is 0.00000272. The molecule has 3 aromatic carbocycles. The van der Waals surface area contributed by atoms with Crippen LogP contribution in [0.4, 0.5) is 11.4 Å². The van der Waals surface area contributed by atoms with E-state index in [9.17, 15) is 0 Å². The lowest BCUT2D eigenvalue weighted by Gasteiger charge is -2.18. The minimum absolute atomic E-state index is 0. The Morgan fingerprint density at radius 1 is 0.774 bits per heavy atom. The van der Waals surface area contributed by atoms with Crippen LogP contribution in [0.15, 0.2) is 42.5 Å². The van der Waals surface area contributed by atoms with Crippen molar-refractivity contribution in [3.8, 4) is 5.69 Å². The van der Waals surface area contributed by atoms with Gasteiger partial charge in [-0.25, -0.2) is 4.98 Å². The smallest absolute Gasteiger partial charge is 0.243 e. The number of benzene rings is 3. The SMILES string of the molecule is CCc1c(N)c(CC)c2c(nc3c(CC)cc(N)cc3[n+]2-c2ccccc2)c1CC.[Cl-]. The zero-order valence-electron chi connectivity index (χ0n) is 18.8. The Morgan fingerprint density at radius 3 is 2.00 bits per heavy atom. The number of nitrogens with zero attached hydrogens (tertiary/aromatic N) is 2. The van der Waals surface area contributed by atoms with Crippen LogP contribution in [0.5, 0.6) is 0 Å². The standard InChI is InChI=1S/C26H30N4.ClH/c1-5-16-14-17(27)15-22-24(16)29-25-20(7-3)19(6-2)23(28)21(8-4)26(25)30(22)18-12-10-9-11-13-18;/h9-15H,5-8H2,1-4H3,(H3,27,28);1H. The number of rotatable bonds is 5. The maximum atomic E-state index is 6.76. The number of nitrogens with two attached hydrogens (primary N) is 2. The molecule has 4 rings (SSSR count). The van der Waals surface area contributed by atoms with E-state index in [0.717, 1.165) is 70.4 Å². The van der Waals surface area contributed by atoms with Gasteiger partial charge in [-0.1, -0.05) is 45.9 Å². The van der Waals surface area contributed by atoms with Gasteiger partial charge in [-0.2, -0.15) is 0 Å². The number of halogens is 1. The number of anilines is 2. The molecule has 0 fully saturated rings. The van der Waals surface area contributed by atoms with Gasteiger partial charge in [0.05, 0.1) is 0 Å². The molecule has 4 aromatic rings. The normalized spacial score (nSPS) is 11.1. The monoisotopic (exact) mass is 434 g/mol. The minimum Gasteiger partial charge on any atom is -1.00 e. The van der Waals surface area contributed by atoms with Crippen LogP contribution >= 0.6 is 0 Å². The van der Waals surface area contributed by atoms with Gasteiger partial charge < -0.3 is 23.9 Å². The van der Waals surface area contributed by atoms with Gasteiger partial charge >= 0.3 is 0 Å². The molecule has 0 saturated heterocycles. The van der Waals surface area contributed by atoms with Gasteiger partial charge in [-0.05, 0) is 48.4 Å². The molecule has 0 saturated carbocycles. The van der Waals surface area contributed by atoms with E-state index in [-0.39, 0.29) is 12.4 Å². The van der Waals surface area contributed by atoms with Crippen molar-refractivity contribution in [3.05, 3.63) is 64.7 Å². The topological polar surface area (TPSA) is 68.8 Å². The third kappa shape index (κ3) is 3.59. The number of nitrogen functional groups attached to an aromatic ring is 2. The molecule has 0 amide bonds. The summed E-state index contributed by atoms with van der Waals surface area (Å²) in [5.74, 6) is 0. The number of para-hydroxylation sites is 1. The van der Waals surface area contributed by atoms with Crippen molar-refractivity contribution in [1.82, 2.24) is 4.98 Å². The van der Waals surface area contributed by atoms with Crippen LogP contribution in [-0.2, 0) is 25.7 Å². The quantitative estimate of drug-likeness (QED) is 0.287. The predicted octanol–water partition coefficient (Wildman–Crippen LogP) is 2.08. The number of hydrogen-bond acceptors (Lipinski definition) is 3. The van der Waals surface area contributed by atoms with Crippen LogP contribution in [0.25, 0.3) is 27.8 Å². The van der Waals surface area contributed by atoms with Gasteiger partial charge in [0.15, 0.2) is 0 Å². The molecule has 5 heteroatoms. The first-order valence-corrected chi connectivity index (χ1v) is 11.0. The summed E-state index contributed by atoms with van der Waals surface area (Å²) < 4.78 is 2.32. The van der Waals surface area contributed by atoms with E-state index in [2.05, 4.69) is 62.6 Å². The molecule has 0 aliphatic carbocycles. The van der Waals surface area contributed by atoms with E-state index in [1.807, 2.05) is 12.1 Å². The molecule has 0 aliphatic rings. The molecule has 4 nitrogen and oxygen atoms in total. The minimum atomic E-state index is 0. The Labute approximate surface area is 190 Å². The first-order chi connectivity index (χ1) is 14.5. The second-order valence-electron chi connectivity index (χ2n) is 7.79. The maximum absolute atomic E-state index is 6.76. The number of aromatic nitrogens is 2. The van der Waals surface area contributed by atoms with E-state index in [1.54, 1.807) is 0 Å². The van der Waals surface area contributed by atoms with E-state index < -0.39 is 0 Å². The molecular weight excluding hydrogens is 404 g/mol. The summed E-state index contributed by atoms with van der Waals surface area (Å²) in [6, 6.07) is 14.6. The molecule has 162 valence electrons. The first-order valence-electron chi connectivity index (χ1n) is 11.0. The second kappa shape index (κ2) is 9.11. The van der Waals surface area contributed by atoms with Gasteiger partial charge in [0, 0.05) is 35.1 Å². The van der Waals surface area contributed by atoms with Crippen LogP contribution in [0.2, 0.25) is 0 Å². The Bertz CT molecular complexity index is 1250. The molecule has 1 aromatic heterocycles. The van der Waals surface area contributed by atoms with E-state index in [4.69, 9.17) is 16.5 Å². The van der Waals surface area contributed by atoms with Gasteiger partial charge in [0.2, 0.25) is 16.7 Å². The van der Waals surface area contributed by atoms with Crippen molar-refractivity contribution >= 4 is 33.4 Å². The highest BCUT2D eigenvalue weighted by molar-refractivity contribution is 5.93. The number of hydrogen-bond donors (Lipinski definition) is 2. The van der Waals surface area contributed by atoms with Crippen molar-refractivity contribution < 1.29 is 17.0 Å². The summed E-state index contributed by atoms with van der Waals surface area (Å²) in [5.41, 5.74) is 24.9. The fourth-order valence-electron chi connectivity index (χ4n) is 4.75. The maximum Gasteiger partial charge on any atom is 0.243 e. The molecule has 0 spiro atoms. The van der Waals surface area contributed by atoms with E-state index in [0.29, 0.717) is 0 Å². The van der Waals surface area contributed by atoms with E-state index >= 15 is 0 Å². The summed E-state index contributed by atoms with van der Waals surface area (Å²) >= 11 is 0. The summed E-state index contributed by atoms with van der Waals surface area (Å²) in [6.07, 6.45) is 3.54. The lowest BCUT2D eigenvalue weighted by atomic mass is 9.92. The summed E-state index contributed by atoms with van der Waals surface area (Å²) in [6.45, 7) is 8.71. The molecule has 31 heavy (non-hydrogen) atoms. The van der Waals surface area contributed by atoms with E-state index in [1.165, 1.54) is 16.7 Å². The van der Waals surface area contributed by atoms with Crippen molar-refractivity contribution in [2.75, 3.05) is 11.5 Å². The highest BCUT2D eigenvalue weighted by atomic mass is 35.5. The fourth-order valence-corrected chi connectivity index (χ4v) is 4.75. The van der Waals surface area contributed by atoms with Gasteiger partial charge in [-0.3, -0.25) is 0 Å². The Hall–Kier alpha value is -2.85. The Morgan fingerprint density at radius 2 is 1.42 bits per heavy atom. The van der Waals surface area contributed by atoms with Crippen LogP contribution in [0.3, 0.4) is 0 Å². The average molecular weight is 435 g/mol. The van der Waals surface area contributed by atoms with Crippen molar-refractivity contribution in [2.24, 2.45) is 0 Å². The van der Waals surface area contributed by atoms with Gasteiger partial charge in [-0.15, -0.1) is 4.57 Å². The fraction of sp³-hybridized carbons (Fsp3) is 0.308. The number of fused-ring (bicyclic) bond motifs is 2. The van der Waals surface area contributed by atoms with Crippen LogP contribution in [0.1, 0.15) is 49.9 Å². The highest BCUT2D eigenvalue weighted by Gasteiger charge is 2.28. The van der Waals surface area contributed by atoms with Gasteiger partial charge in [0.25, 0.3) is 0 Å². The largest absolute Gasteiger partial charge is 1.00 e. The molecular formula is C26H31ClN4. The predicted molar refractivity (Wildman–Crippen MR) is 127 cm³/mol. The Kier molecular flexibility index (Phi) is 6.71. The van der Waals surface area contributed by atoms with Crippen LogP contribution < -0.4 is 28.4 Å². The molecule has 0 bridgehead atoms. The molecule has 0 radical (unpaired) electrons. The third-order valence-electron chi connectivity index (χ3n) is 6.15. The number of aryl methyl sites for hydroxylation is 3. The molecule has 0 atom stereocenters. The van der Waals surface area contributed by atoms with Crippen molar-refractivity contribution in [1.29, 1.82) is 0 Å². The van der Waals surface area contributed by atoms with Crippen molar-refractivity contribution in [2.45, 2.75) is 53.4 Å². The molecule has 0 aliphatic heterocycles. The molecule has 0 unspecified atom stereocenters. The lowest BCUT2D eigenvalue weighted by Crippen LogP contribution is -3.00. The first kappa shape index (κ1) is 22.8. The molecule has 1 heterocycles. The van der Waals surface area contributed by atoms with Crippen molar-refractivity contribution in [3.63, 3.8) is 0 Å². The average Bonchev–Trinajstić information content (AvgIpc) is 2.77. The summed E-state index contributed by atoms with van der Waals surface area (Å²) in [4.78, 5) is 5.27. The van der Waals surface area contributed by atoms with Gasteiger partial charge in [0.1, 0.15) is 11.0 Å². The zero-order valence-corrected chi connectivity index (χ0v) is 19.6. The summed E-state index contributed by atoms with van der Waals surface area (Å²) in [7, 11) is 0. The van der Waals surface area contributed by atoms with Crippen LogP contribution in [0, 0.1) is 0 Å². The van der Waals surface area contributed by atoms with Crippen LogP contribution in [-0.4, -0.2) is 4.98 Å².